The fourth-order valence-corrected chi connectivity index (χ4v) is 7.90. The van der Waals surface area contributed by atoms with Crippen molar-refractivity contribution in [3.05, 3.63) is 194 Å². The first-order valence-corrected chi connectivity index (χ1v) is 18.1. The van der Waals surface area contributed by atoms with E-state index in [1.165, 1.54) is 22.0 Å². The Morgan fingerprint density at radius 2 is 1.47 bits per heavy atom. The summed E-state index contributed by atoms with van der Waals surface area (Å²) in [4.78, 5) is 15.0. The molecule has 2 aliphatic rings. The zero-order valence-corrected chi connectivity index (χ0v) is 29.8. The summed E-state index contributed by atoms with van der Waals surface area (Å²) in [5.74, 6) is 2.02. The summed E-state index contributed by atoms with van der Waals surface area (Å²) in [5.41, 5.74) is 10.5. The third-order valence-corrected chi connectivity index (χ3v) is 10.4. The van der Waals surface area contributed by atoms with Gasteiger partial charge < -0.3 is 14.4 Å². The molecule has 256 valence electrons. The quantitative estimate of drug-likeness (QED) is 0.149. The highest BCUT2D eigenvalue weighted by Crippen LogP contribution is 2.47. The molecule has 0 spiro atoms. The van der Waals surface area contributed by atoms with E-state index in [1.807, 2.05) is 31.2 Å². The van der Waals surface area contributed by atoms with Gasteiger partial charge in [0.05, 0.1) is 34.2 Å². The Balaban J connectivity index is 1.15. The molecule has 53 heavy (non-hydrogen) atoms. The second kappa shape index (κ2) is 13.4. The molecule has 0 fully saturated rings. The summed E-state index contributed by atoms with van der Waals surface area (Å²) >= 11 is 0. The minimum Gasteiger partial charge on any atom is -0.329 e. The van der Waals surface area contributed by atoms with E-state index in [0.717, 1.165) is 56.6 Å². The molecular weight excluding hydrogens is 647 g/mol. The highest BCUT2D eigenvalue weighted by Gasteiger charge is 2.37. The number of nitrogens with zero attached hydrogens (tertiary/aromatic N) is 5. The van der Waals surface area contributed by atoms with Crippen molar-refractivity contribution in [1.29, 1.82) is 0 Å². The van der Waals surface area contributed by atoms with Crippen molar-refractivity contribution < 1.29 is 0 Å². The fourth-order valence-electron chi connectivity index (χ4n) is 7.90. The van der Waals surface area contributed by atoms with E-state index >= 15 is 0 Å². The van der Waals surface area contributed by atoms with Crippen LogP contribution in [0.5, 0.6) is 0 Å². The van der Waals surface area contributed by atoms with Gasteiger partial charge in [0.1, 0.15) is 11.6 Å². The summed E-state index contributed by atoms with van der Waals surface area (Å²) in [6.07, 6.45) is 17.0. The lowest BCUT2D eigenvalue weighted by molar-refractivity contribution is 0.738. The van der Waals surface area contributed by atoms with Crippen LogP contribution in [0.2, 0.25) is 0 Å². The number of para-hydroxylation sites is 3. The van der Waals surface area contributed by atoms with Gasteiger partial charge in [-0.05, 0) is 78.7 Å². The SMILES string of the molecule is C=C(/C=C\C=C/C)c1cc2c3ccccc3n(-c3ccccc3)c2cc1N(C)c1cccc(-c2cccc(N3c4ccccc4C4C=CC=CC43)n2)n1. The summed E-state index contributed by atoms with van der Waals surface area (Å²) < 4.78 is 2.35. The normalized spacial score (nSPS) is 16.2. The fraction of sp³-hybridized carbons (Fsp3) is 0.0833. The largest absolute Gasteiger partial charge is 0.329 e. The monoisotopic (exact) mass is 685 g/mol. The van der Waals surface area contributed by atoms with Crippen LogP contribution in [0, 0.1) is 0 Å². The predicted molar refractivity (Wildman–Crippen MR) is 223 cm³/mol. The Morgan fingerprint density at radius 1 is 0.717 bits per heavy atom. The number of aromatic nitrogens is 3. The van der Waals surface area contributed by atoms with Gasteiger partial charge in [-0.3, -0.25) is 0 Å². The third-order valence-electron chi connectivity index (χ3n) is 10.4. The van der Waals surface area contributed by atoms with Crippen LogP contribution in [-0.2, 0) is 0 Å². The molecule has 1 aliphatic carbocycles. The zero-order valence-electron chi connectivity index (χ0n) is 29.8. The van der Waals surface area contributed by atoms with Crippen LogP contribution in [0.25, 0.3) is 44.5 Å². The van der Waals surface area contributed by atoms with Crippen LogP contribution in [-0.4, -0.2) is 27.6 Å². The second-order valence-corrected chi connectivity index (χ2v) is 13.5. The van der Waals surface area contributed by atoms with Gasteiger partial charge >= 0.3 is 0 Å². The molecule has 0 saturated heterocycles. The van der Waals surface area contributed by atoms with E-state index < -0.39 is 0 Å². The van der Waals surface area contributed by atoms with Crippen molar-refractivity contribution in [2.75, 3.05) is 16.8 Å². The average molecular weight is 686 g/mol. The van der Waals surface area contributed by atoms with Crippen LogP contribution in [0.15, 0.2) is 183 Å². The molecular formula is C48H39N5. The number of rotatable bonds is 8. The lowest BCUT2D eigenvalue weighted by Crippen LogP contribution is -2.29. The number of pyridine rings is 2. The molecule has 5 nitrogen and oxygen atoms in total. The van der Waals surface area contributed by atoms with Gasteiger partial charge in [0.2, 0.25) is 0 Å². The Labute approximate surface area is 310 Å². The van der Waals surface area contributed by atoms with E-state index in [9.17, 15) is 0 Å². The molecule has 1 aliphatic heterocycles. The molecule has 0 bridgehead atoms. The number of anilines is 4. The Hall–Kier alpha value is -6.72. The van der Waals surface area contributed by atoms with Gasteiger partial charge in [-0.2, -0.15) is 0 Å². The van der Waals surface area contributed by atoms with Crippen molar-refractivity contribution in [1.82, 2.24) is 14.5 Å². The number of hydrogen-bond donors (Lipinski definition) is 0. The molecule has 5 heteroatoms. The highest BCUT2D eigenvalue weighted by molar-refractivity contribution is 6.12. The maximum absolute atomic E-state index is 5.25. The maximum Gasteiger partial charge on any atom is 0.134 e. The van der Waals surface area contributed by atoms with Gasteiger partial charge in [-0.25, -0.2) is 9.97 Å². The number of fused-ring (bicyclic) bond motifs is 6. The minimum absolute atomic E-state index is 0.181. The van der Waals surface area contributed by atoms with Crippen molar-refractivity contribution in [2.45, 2.75) is 18.9 Å². The number of hydrogen-bond acceptors (Lipinski definition) is 4. The van der Waals surface area contributed by atoms with Crippen LogP contribution in [0.4, 0.5) is 23.0 Å². The van der Waals surface area contributed by atoms with E-state index in [0.29, 0.717) is 5.92 Å². The summed E-state index contributed by atoms with van der Waals surface area (Å²) in [5, 5.41) is 2.37. The van der Waals surface area contributed by atoms with Gasteiger partial charge in [-0.1, -0.05) is 122 Å². The molecule has 9 rings (SSSR count). The Morgan fingerprint density at radius 3 is 2.34 bits per heavy atom. The molecule has 0 saturated carbocycles. The summed E-state index contributed by atoms with van der Waals surface area (Å²) in [6.45, 7) is 6.56. The molecule has 2 unspecified atom stereocenters. The maximum atomic E-state index is 5.25. The molecule has 0 radical (unpaired) electrons. The van der Waals surface area contributed by atoms with Gasteiger partial charge in [0.15, 0.2) is 0 Å². The molecule has 4 aromatic carbocycles. The van der Waals surface area contributed by atoms with Crippen molar-refractivity contribution in [2.24, 2.45) is 0 Å². The van der Waals surface area contributed by atoms with Crippen molar-refractivity contribution >= 4 is 50.4 Å². The van der Waals surface area contributed by atoms with Gasteiger partial charge in [0, 0.05) is 40.7 Å². The van der Waals surface area contributed by atoms with Crippen molar-refractivity contribution in [3.63, 3.8) is 0 Å². The lowest BCUT2D eigenvalue weighted by atomic mass is 9.91. The molecule has 7 aromatic rings. The molecule has 0 N–H and O–H groups in total. The van der Waals surface area contributed by atoms with Gasteiger partial charge in [-0.15, -0.1) is 0 Å². The topological polar surface area (TPSA) is 37.2 Å². The van der Waals surface area contributed by atoms with E-state index in [2.05, 4.69) is 180 Å². The average Bonchev–Trinajstić information content (AvgIpc) is 3.73. The van der Waals surface area contributed by atoms with Crippen LogP contribution in [0.3, 0.4) is 0 Å². The summed E-state index contributed by atoms with van der Waals surface area (Å²) in [7, 11) is 2.09. The zero-order chi connectivity index (χ0) is 35.9. The van der Waals surface area contributed by atoms with Crippen LogP contribution in [0.1, 0.15) is 24.0 Å². The number of benzene rings is 4. The Bertz CT molecular complexity index is 2640. The minimum atomic E-state index is 0.181. The molecule has 0 amide bonds. The highest BCUT2D eigenvalue weighted by atomic mass is 15.2. The number of allylic oxidation sites excluding steroid dienone is 7. The first-order chi connectivity index (χ1) is 26.1. The predicted octanol–water partition coefficient (Wildman–Crippen LogP) is 11.9. The van der Waals surface area contributed by atoms with Crippen LogP contribution < -0.4 is 9.80 Å². The van der Waals surface area contributed by atoms with Gasteiger partial charge in [0.25, 0.3) is 0 Å². The van der Waals surface area contributed by atoms with Crippen LogP contribution >= 0.6 is 0 Å². The first kappa shape index (κ1) is 32.2. The Kier molecular flexibility index (Phi) is 8.17. The molecule has 2 atom stereocenters. The first-order valence-electron chi connectivity index (χ1n) is 18.1. The smallest absolute Gasteiger partial charge is 0.134 e. The molecule has 4 heterocycles. The summed E-state index contributed by atoms with van der Waals surface area (Å²) in [6, 6.07) is 45.0. The lowest BCUT2D eigenvalue weighted by Gasteiger charge is -2.28. The standard InChI is InChI=1S/C48H39N5/c1-4-5-7-18-33(2)38-31-39-37-23-12-13-26-42(37)52(34-19-8-6-9-20-34)46(39)32-45(38)51(3)47-29-16-24-40(49-47)41-25-17-30-48(50-41)53-43-27-14-10-21-35(43)36-22-11-15-28-44(36)53/h4-32,35,43H,2H2,1,3H3/b5-4-,18-7-. The molecule has 3 aromatic heterocycles. The van der Waals surface area contributed by atoms with E-state index in [4.69, 9.17) is 9.97 Å². The van der Waals surface area contributed by atoms with E-state index in [-0.39, 0.29) is 6.04 Å². The van der Waals surface area contributed by atoms with E-state index in [1.54, 1.807) is 0 Å². The van der Waals surface area contributed by atoms with Crippen molar-refractivity contribution in [3.8, 4) is 17.1 Å². The third kappa shape index (κ3) is 5.58. The second-order valence-electron chi connectivity index (χ2n) is 13.5.